The van der Waals surface area contributed by atoms with E-state index in [-0.39, 0.29) is 30.3 Å². The van der Waals surface area contributed by atoms with E-state index in [1.165, 1.54) is 0 Å². The van der Waals surface area contributed by atoms with Crippen LogP contribution in [0.25, 0.3) is 5.78 Å². The molecule has 3 aromatic rings. The summed E-state index contributed by atoms with van der Waals surface area (Å²) in [6, 6.07) is 3.60. The summed E-state index contributed by atoms with van der Waals surface area (Å²) in [6.45, 7) is 3.90. The minimum Gasteiger partial charge on any atom is -0.508 e. The molecule has 2 fully saturated rings. The molecule has 1 aliphatic carbocycles. The van der Waals surface area contributed by atoms with Gasteiger partial charge in [0.05, 0.1) is 7.11 Å². The van der Waals surface area contributed by atoms with E-state index in [0.717, 1.165) is 42.4 Å². The predicted molar refractivity (Wildman–Crippen MR) is 135 cm³/mol. The fourth-order valence-corrected chi connectivity index (χ4v) is 5.94. The number of hydrogen-bond acceptors (Lipinski definition) is 8. The van der Waals surface area contributed by atoms with Gasteiger partial charge in [-0.3, -0.25) is 9.59 Å². The highest BCUT2D eigenvalue weighted by molar-refractivity contribution is 6.01. The quantitative estimate of drug-likeness (QED) is 0.361. The van der Waals surface area contributed by atoms with Gasteiger partial charge < -0.3 is 14.6 Å². The Labute approximate surface area is 216 Å². The number of benzene rings is 1. The van der Waals surface area contributed by atoms with E-state index in [2.05, 4.69) is 15.1 Å². The number of fused-ring (bicyclic) bond motifs is 1. The molecule has 0 amide bonds. The molecule has 2 unspecified atom stereocenters. The average Bonchev–Trinajstić information content (AvgIpc) is 3.55. The first kappa shape index (κ1) is 25.2. The molecule has 0 radical (unpaired) electrons. The van der Waals surface area contributed by atoms with Crippen LogP contribution in [0, 0.1) is 18.8 Å². The second kappa shape index (κ2) is 10.1. The Bertz CT molecular complexity index is 1310. The summed E-state index contributed by atoms with van der Waals surface area (Å²) in [5, 5.41) is 14.7. The topological polar surface area (TPSA) is 116 Å². The Morgan fingerprint density at radius 3 is 2.70 bits per heavy atom. The zero-order valence-corrected chi connectivity index (χ0v) is 21.7. The van der Waals surface area contributed by atoms with Crippen LogP contribution < -0.4 is 4.74 Å². The van der Waals surface area contributed by atoms with E-state index in [4.69, 9.17) is 9.47 Å². The van der Waals surface area contributed by atoms with Crippen molar-refractivity contribution in [1.29, 1.82) is 0 Å². The lowest BCUT2D eigenvalue weighted by Crippen LogP contribution is -2.52. The van der Waals surface area contributed by atoms with Gasteiger partial charge in [0.2, 0.25) is 0 Å². The number of hydrogen-bond donors (Lipinski definition) is 1. The number of Topliss-reactive ketones (excluding diaryl/α,β-unsaturated/α-hetero) is 1. The number of cyclic esters (lactones) is 1. The molecular weight excluding hydrogens is 472 g/mol. The third kappa shape index (κ3) is 4.91. The standard InChI is InChI=1S/C28H34N4O5/c1-4-18-11-19(24(36-3)13-22(18)33)9-10-28(20-7-5-6-8-20)14-23(34)21(26(35)37-28)12-25-30-27-29-15-17(2)16-32(27)31-25/h11,13,15-16,20-21,33H,4-10,12,14H2,1-3H3. The van der Waals surface area contributed by atoms with Crippen LogP contribution in [0.4, 0.5) is 0 Å². The maximum absolute atomic E-state index is 13.5. The number of nitrogens with zero attached hydrogens (tertiary/aromatic N) is 4. The van der Waals surface area contributed by atoms with Gasteiger partial charge in [-0.05, 0) is 67.7 Å². The van der Waals surface area contributed by atoms with Crippen molar-refractivity contribution in [1.82, 2.24) is 19.6 Å². The Kier molecular flexibility index (Phi) is 6.88. The van der Waals surface area contributed by atoms with Crippen LogP contribution in [-0.4, -0.2) is 49.2 Å². The number of ether oxygens (including phenoxy) is 2. The zero-order valence-electron chi connectivity index (χ0n) is 21.7. The van der Waals surface area contributed by atoms with Gasteiger partial charge in [0.15, 0.2) is 11.6 Å². The average molecular weight is 507 g/mol. The lowest BCUT2D eigenvalue weighted by molar-refractivity contribution is -0.185. The van der Waals surface area contributed by atoms with Crippen molar-refractivity contribution in [3.63, 3.8) is 0 Å². The molecule has 196 valence electrons. The first-order valence-corrected chi connectivity index (χ1v) is 13.1. The molecule has 3 heterocycles. The van der Waals surface area contributed by atoms with Crippen molar-refractivity contribution in [3.05, 3.63) is 47.0 Å². The molecule has 1 N–H and O–H groups in total. The van der Waals surface area contributed by atoms with E-state index in [1.54, 1.807) is 23.9 Å². The first-order chi connectivity index (χ1) is 17.8. The molecule has 2 aliphatic rings. The second-order valence-corrected chi connectivity index (χ2v) is 10.4. The van der Waals surface area contributed by atoms with Crippen molar-refractivity contribution < 1.29 is 24.2 Å². The van der Waals surface area contributed by atoms with E-state index in [9.17, 15) is 14.7 Å². The van der Waals surface area contributed by atoms with Crippen LogP contribution in [0.2, 0.25) is 0 Å². The monoisotopic (exact) mass is 506 g/mol. The first-order valence-electron chi connectivity index (χ1n) is 13.1. The Balaban J connectivity index is 1.37. The van der Waals surface area contributed by atoms with Crippen molar-refractivity contribution in [2.75, 3.05) is 7.11 Å². The summed E-state index contributed by atoms with van der Waals surface area (Å²) in [5.74, 6) is 0.287. The number of phenols is 1. The van der Waals surface area contributed by atoms with Crippen LogP contribution in [-0.2, 0) is 33.6 Å². The van der Waals surface area contributed by atoms with Crippen molar-refractivity contribution in [3.8, 4) is 11.5 Å². The molecule has 5 rings (SSSR count). The van der Waals surface area contributed by atoms with Crippen LogP contribution in [0.15, 0.2) is 24.5 Å². The fourth-order valence-electron chi connectivity index (χ4n) is 5.94. The number of phenolic OH excluding ortho intramolecular Hbond substituents is 1. The van der Waals surface area contributed by atoms with Crippen molar-refractivity contribution in [2.24, 2.45) is 11.8 Å². The third-order valence-corrected chi connectivity index (χ3v) is 7.98. The normalized spacial score (nSPS) is 22.5. The van der Waals surface area contributed by atoms with Crippen LogP contribution in [0.5, 0.6) is 11.5 Å². The molecule has 1 aliphatic heterocycles. The van der Waals surface area contributed by atoms with E-state index >= 15 is 0 Å². The SMILES string of the molecule is CCc1cc(CCC2(C3CCCC3)CC(=O)C(Cc3nc4ncc(C)cn4n3)C(=O)O2)c(OC)cc1O. The van der Waals surface area contributed by atoms with Gasteiger partial charge in [0.1, 0.15) is 23.0 Å². The van der Waals surface area contributed by atoms with Gasteiger partial charge in [0, 0.05) is 31.3 Å². The summed E-state index contributed by atoms with van der Waals surface area (Å²) in [4.78, 5) is 35.5. The fraction of sp³-hybridized carbons (Fsp3) is 0.536. The van der Waals surface area contributed by atoms with Gasteiger partial charge in [0.25, 0.3) is 5.78 Å². The summed E-state index contributed by atoms with van der Waals surface area (Å²) < 4.78 is 13.4. The molecule has 37 heavy (non-hydrogen) atoms. The number of esters is 1. The lowest BCUT2D eigenvalue weighted by Gasteiger charge is -2.43. The highest BCUT2D eigenvalue weighted by Crippen LogP contribution is 2.45. The minimum absolute atomic E-state index is 0.104. The van der Waals surface area contributed by atoms with Crippen molar-refractivity contribution >= 4 is 17.5 Å². The van der Waals surface area contributed by atoms with Gasteiger partial charge in [-0.25, -0.2) is 9.50 Å². The lowest BCUT2D eigenvalue weighted by atomic mass is 9.73. The second-order valence-electron chi connectivity index (χ2n) is 10.4. The number of rotatable bonds is 8. The highest BCUT2D eigenvalue weighted by atomic mass is 16.6. The Morgan fingerprint density at radius 1 is 1.22 bits per heavy atom. The number of carbonyl (C=O) groups is 2. The molecule has 2 atom stereocenters. The smallest absolute Gasteiger partial charge is 0.317 e. The summed E-state index contributed by atoms with van der Waals surface area (Å²) >= 11 is 0. The van der Waals surface area contributed by atoms with Gasteiger partial charge in [-0.1, -0.05) is 19.8 Å². The summed E-state index contributed by atoms with van der Waals surface area (Å²) in [5.41, 5.74) is 1.89. The Morgan fingerprint density at radius 2 is 2.00 bits per heavy atom. The van der Waals surface area contributed by atoms with Gasteiger partial charge in [-0.15, -0.1) is 5.10 Å². The van der Waals surface area contributed by atoms with Gasteiger partial charge in [-0.2, -0.15) is 4.98 Å². The van der Waals surface area contributed by atoms with Crippen LogP contribution in [0.1, 0.15) is 68.0 Å². The third-order valence-electron chi connectivity index (χ3n) is 7.98. The maximum Gasteiger partial charge on any atom is 0.317 e. The molecule has 0 spiro atoms. The molecule has 0 bridgehead atoms. The summed E-state index contributed by atoms with van der Waals surface area (Å²) in [7, 11) is 1.58. The highest BCUT2D eigenvalue weighted by Gasteiger charge is 2.51. The van der Waals surface area contributed by atoms with E-state index in [1.807, 2.05) is 26.1 Å². The number of aryl methyl sites for hydroxylation is 3. The minimum atomic E-state index is -0.914. The van der Waals surface area contributed by atoms with Gasteiger partial charge >= 0.3 is 5.97 Å². The van der Waals surface area contributed by atoms with Crippen LogP contribution >= 0.6 is 0 Å². The molecule has 1 aromatic carbocycles. The number of aromatic nitrogens is 4. The zero-order chi connectivity index (χ0) is 26.2. The van der Waals surface area contributed by atoms with Crippen LogP contribution in [0.3, 0.4) is 0 Å². The number of carbonyl (C=O) groups excluding carboxylic acids is 2. The molecule has 9 nitrogen and oxygen atoms in total. The Hall–Kier alpha value is -3.49. The molecule has 1 saturated heterocycles. The number of ketones is 1. The maximum atomic E-state index is 13.5. The predicted octanol–water partition coefficient (Wildman–Crippen LogP) is 3.95. The van der Waals surface area contributed by atoms with E-state index in [0.29, 0.717) is 36.6 Å². The van der Waals surface area contributed by atoms with Crippen molar-refractivity contribution in [2.45, 2.75) is 77.2 Å². The molecule has 9 heteroatoms. The number of methoxy groups -OCH3 is 1. The largest absolute Gasteiger partial charge is 0.508 e. The number of aromatic hydroxyl groups is 1. The molecule has 2 aromatic heterocycles. The van der Waals surface area contributed by atoms with E-state index < -0.39 is 17.5 Å². The molecule has 1 saturated carbocycles. The molecular formula is C28H34N4O5. The summed E-state index contributed by atoms with van der Waals surface area (Å²) in [6.07, 6.45) is 9.64.